The quantitative estimate of drug-likeness (QED) is 0.729. The Morgan fingerprint density at radius 1 is 1.59 bits per heavy atom. The zero-order chi connectivity index (χ0) is 12.8. The van der Waals surface area contributed by atoms with E-state index in [4.69, 9.17) is 5.73 Å². The fraction of sp³-hybridized carbons (Fsp3) is 0.417. The van der Waals surface area contributed by atoms with Gasteiger partial charge in [-0.3, -0.25) is 4.79 Å². The third-order valence-corrected chi connectivity index (χ3v) is 3.72. The highest BCUT2D eigenvalue weighted by atomic mass is 127. The number of benzene rings is 1. The van der Waals surface area contributed by atoms with Crippen molar-refractivity contribution in [3.05, 3.63) is 26.2 Å². The first-order chi connectivity index (χ1) is 8.04. The van der Waals surface area contributed by atoms with Gasteiger partial charge in [0.15, 0.2) is 0 Å². The highest BCUT2D eigenvalue weighted by Gasteiger charge is 2.13. The average molecular weight is 411 g/mol. The summed E-state index contributed by atoms with van der Waals surface area (Å²) in [5.74, 6) is -0.125. The van der Waals surface area contributed by atoms with Gasteiger partial charge in [-0.2, -0.15) is 0 Å². The number of hydrogen-bond acceptors (Lipinski definition) is 2. The average Bonchev–Trinajstić information content (AvgIpc) is 2.29. The van der Waals surface area contributed by atoms with E-state index in [2.05, 4.69) is 50.8 Å². The Morgan fingerprint density at radius 3 is 2.88 bits per heavy atom. The van der Waals surface area contributed by atoms with Crippen LogP contribution in [0.1, 0.15) is 26.2 Å². The van der Waals surface area contributed by atoms with Crippen LogP contribution in [0.2, 0.25) is 0 Å². The molecule has 1 atom stereocenters. The second-order valence-corrected chi connectivity index (χ2v) is 5.96. The minimum absolute atomic E-state index is 0.125. The van der Waals surface area contributed by atoms with Gasteiger partial charge in [0.05, 0.1) is 11.7 Å². The number of nitrogens with two attached hydrogens (primary N) is 1. The second-order valence-electron chi connectivity index (χ2n) is 3.86. The zero-order valence-corrected chi connectivity index (χ0v) is 13.4. The Balaban J connectivity index is 2.61. The summed E-state index contributed by atoms with van der Waals surface area (Å²) in [4.78, 5) is 11.8. The lowest BCUT2D eigenvalue weighted by Gasteiger charge is -2.13. The van der Waals surface area contributed by atoms with E-state index in [9.17, 15) is 4.79 Å². The SMILES string of the molecule is CCCCC(N)C(=O)Nc1ccc(I)cc1Br. The first-order valence-corrected chi connectivity index (χ1v) is 7.43. The molecule has 1 rings (SSSR count). The van der Waals surface area contributed by atoms with Crippen molar-refractivity contribution < 1.29 is 4.79 Å². The number of halogens is 2. The highest BCUT2D eigenvalue weighted by Crippen LogP contribution is 2.24. The van der Waals surface area contributed by atoms with Crippen molar-refractivity contribution in [2.45, 2.75) is 32.2 Å². The van der Waals surface area contributed by atoms with E-state index < -0.39 is 6.04 Å². The van der Waals surface area contributed by atoms with Crippen LogP contribution in [0.4, 0.5) is 5.69 Å². The monoisotopic (exact) mass is 410 g/mol. The maximum atomic E-state index is 11.8. The van der Waals surface area contributed by atoms with Crippen molar-refractivity contribution in [3.8, 4) is 0 Å². The summed E-state index contributed by atoms with van der Waals surface area (Å²) in [6, 6.07) is 5.34. The van der Waals surface area contributed by atoms with Crippen molar-refractivity contribution in [2.24, 2.45) is 5.73 Å². The molecule has 0 radical (unpaired) electrons. The molecule has 3 N–H and O–H groups in total. The molecule has 1 aromatic carbocycles. The van der Waals surface area contributed by atoms with Gasteiger partial charge >= 0.3 is 0 Å². The molecule has 0 aromatic heterocycles. The van der Waals surface area contributed by atoms with E-state index in [1.54, 1.807) is 0 Å². The zero-order valence-electron chi connectivity index (χ0n) is 9.67. The Morgan fingerprint density at radius 2 is 2.29 bits per heavy atom. The molecular weight excluding hydrogens is 395 g/mol. The fourth-order valence-electron chi connectivity index (χ4n) is 1.37. The molecular formula is C12H16BrIN2O. The predicted octanol–water partition coefficient (Wildman–Crippen LogP) is 3.51. The Hall–Kier alpha value is -0.140. The molecule has 0 saturated heterocycles. The Bertz CT molecular complexity index is 398. The van der Waals surface area contributed by atoms with Gasteiger partial charge in [0.25, 0.3) is 0 Å². The first-order valence-electron chi connectivity index (χ1n) is 5.56. The van der Waals surface area contributed by atoms with E-state index >= 15 is 0 Å². The number of carbonyl (C=O) groups is 1. The predicted molar refractivity (Wildman–Crippen MR) is 83.0 cm³/mol. The largest absolute Gasteiger partial charge is 0.324 e. The van der Waals surface area contributed by atoms with Crippen LogP contribution in [0.3, 0.4) is 0 Å². The summed E-state index contributed by atoms with van der Waals surface area (Å²) < 4.78 is 1.99. The second kappa shape index (κ2) is 7.33. The van der Waals surface area contributed by atoms with Gasteiger partial charge in [0.2, 0.25) is 5.91 Å². The summed E-state index contributed by atoms with van der Waals surface area (Å²) in [6.45, 7) is 2.08. The summed E-state index contributed by atoms with van der Waals surface area (Å²) in [7, 11) is 0. The molecule has 1 unspecified atom stereocenters. The number of unbranched alkanes of at least 4 members (excludes halogenated alkanes) is 1. The molecule has 17 heavy (non-hydrogen) atoms. The van der Waals surface area contributed by atoms with Crippen LogP contribution >= 0.6 is 38.5 Å². The maximum absolute atomic E-state index is 11.8. The summed E-state index contributed by atoms with van der Waals surface area (Å²) in [5.41, 5.74) is 6.57. The molecule has 0 fully saturated rings. The van der Waals surface area contributed by atoms with E-state index in [-0.39, 0.29) is 5.91 Å². The minimum Gasteiger partial charge on any atom is -0.324 e. The summed E-state index contributed by atoms with van der Waals surface area (Å²) in [6.07, 6.45) is 2.75. The molecule has 1 amide bonds. The van der Waals surface area contributed by atoms with E-state index in [1.807, 2.05) is 18.2 Å². The van der Waals surface area contributed by atoms with Crippen LogP contribution in [0.5, 0.6) is 0 Å². The van der Waals surface area contributed by atoms with Crippen LogP contribution in [-0.2, 0) is 4.79 Å². The molecule has 0 aliphatic carbocycles. The number of hydrogen-bond donors (Lipinski definition) is 2. The van der Waals surface area contributed by atoms with Gasteiger partial charge in [0, 0.05) is 8.04 Å². The molecule has 0 saturated carbocycles. The van der Waals surface area contributed by atoms with Gasteiger partial charge in [-0.05, 0) is 63.1 Å². The van der Waals surface area contributed by atoms with Crippen LogP contribution in [0.15, 0.2) is 22.7 Å². The first kappa shape index (κ1) is 14.9. The molecule has 1 aromatic rings. The number of rotatable bonds is 5. The van der Waals surface area contributed by atoms with Crippen molar-refractivity contribution in [3.63, 3.8) is 0 Å². The highest BCUT2D eigenvalue weighted by molar-refractivity contribution is 14.1. The molecule has 0 aliphatic rings. The van der Waals surface area contributed by atoms with Crippen LogP contribution in [-0.4, -0.2) is 11.9 Å². The van der Waals surface area contributed by atoms with Crippen LogP contribution in [0, 0.1) is 3.57 Å². The fourth-order valence-corrected chi connectivity index (χ4v) is 2.77. The van der Waals surface area contributed by atoms with Gasteiger partial charge < -0.3 is 11.1 Å². The molecule has 0 bridgehead atoms. The molecule has 0 spiro atoms. The third-order valence-electron chi connectivity index (χ3n) is 2.39. The molecule has 0 aliphatic heterocycles. The van der Waals surface area contributed by atoms with Crippen molar-refractivity contribution in [1.29, 1.82) is 0 Å². The maximum Gasteiger partial charge on any atom is 0.241 e. The topological polar surface area (TPSA) is 55.1 Å². The molecule has 0 heterocycles. The number of carbonyl (C=O) groups excluding carboxylic acids is 1. The lowest BCUT2D eigenvalue weighted by atomic mass is 10.1. The van der Waals surface area contributed by atoms with Gasteiger partial charge in [-0.15, -0.1) is 0 Å². The van der Waals surface area contributed by atoms with Gasteiger partial charge in [-0.1, -0.05) is 19.8 Å². The summed E-state index contributed by atoms with van der Waals surface area (Å²) >= 11 is 5.64. The normalized spacial score (nSPS) is 12.2. The van der Waals surface area contributed by atoms with Crippen molar-refractivity contribution in [2.75, 3.05) is 5.32 Å². The summed E-state index contributed by atoms with van der Waals surface area (Å²) in [5, 5.41) is 2.83. The van der Waals surface area contributed by atoms with Gasteiger partial charge in [0.1, 0.15) is 0 Å². The van der Waals surface area contributed by atoms with E-state index in [1.165, 1.54) is 0 Å². The Labute approximate surface area is 124 Å². The van der Waals surface area contributed by atoms with E-state index in [0.717, 1.165) is 33.0 Å². The van der Waals surface area contributed by atoms with E-state index in [0.29, 0.717) is 0 Å². The van der Waals surface area contributed by atoms with Gasteiger partial charge in [-0.25, -0.2) is 0 Å². The third kappa shape index (κ3) is 4.93. The number of amides is 1. The molecule has 3 nitrogen and oxygen atoms in total. The van der Waals surface area contributed by atoms with Crippen molar-refractivity contribution in [1.82, 2.24) is 0 Å². The minimum atomic E-state index is -0.430. The lowest BCUT2D eigenvalue weighted by Crippen LogP contribution is -2.35. The molecule has 94 valence electrons. The smallest absolute Gasteiger partial charge is 0.241 e. The Kier molecular flexibility index (Phi) is 6.43. The molecule has 5 heteroatoms. The van der Waals surface area contributed by atoms with Crippen LogP contribution in [0.25, 0.3) is 0 Å². The standard InChI is InChI=1S/C12H16BrIN2O/c1-2-3-4-10(15)12(17)16-11-6-5-8(14)7-9(11)13/h5-7,10H,2-4,15H2,1H3,(H,16,17). The number of nitrogens with one attached hydrogen (secondary N) is 1. The lowest BCUT2D eigenvalue weighted by molar-refractivity contribution is -0.117. The van der Waals surface area contributed by atoms with Crippen LogP contribution < -0.4 is 11.1 Å². The number of anilines is 1. The van der Waals surface area contributed by atoms with Crippen molar-refractivity contribution >= 4 is 50.1 Å².